The SMILES string of the molecule is CN1/C(=c2/s/c(=C/C(=O)c3ccccc3)n(C)c2=O)Sc2ccccc21. The van der Waals surface area contributed by atoms with Crippen LogP contribution in [-0.2, 0) is 7.05 Å². The summed E-state index contributed by atoms with van der Waals surface area (Å²) < 4.78 is 2.85. The molecular weight excluding hydrogens is 364 g/mol. The number of carbonyl (C=O) groups excluding carboxylic acids is 1. The summed E-state index contributed by atoms with van der Waals surface area (Å²) in [5.74, 6) is -0.102. The molecule has 0 atom stereocenters. The van der Waals surface area contributed by atoms with E-state index < -0.39 is 0 Å². The molecule has 1 aromatic heterocycles. The van der Waals surface area contributed by atoms with E-state index in [1.54, 1.807) is 35.5 Å². The van der Waals surface area contributed by atoms with Crippen molar-refractivity contribution in [1.82, 2.24) is 4.57 Å². The minimum absolute atomic E-state index is 0.0794. The monoisotopic (exact) mass is 380 g/mol. The molecule has 2 aromatic carbocycles. The van der Waals surface area contributed by atoms with E-state index in [0.29, 0.717) is 14.8 Å². The highest BCUT2D eigenvalue weighted by Gasteiger charge is 2.23. The summed E-state index contributed by atoms with van der Waals surface area (Å²) in [6, 6.07) is 17.2. The zero-order valence-corrected chi connectivity index (χ0v) is 15.9. The summed E-state index contributed by atoms with van der Waals surface area (Å²) in [6.45, 7) is 0. The van der Waals surface area contributed by atoms with Gasteiger partial charge in [0.2, 0.25) is 0 Å². The maximum atomic E-state index is 12.8. The zero-order valence-electron chi connectivity index (χ0n) is 14.3. The summed E-state index contributed by atoms with van der Waals surface area (Å²) in [7, 11) is 3.67. The fraction of sp³-hybridized carbons (Fsp3) is 0.100. The molecule has 4 nitrogen and oxygen atoms in total. The first-order valence-electron chi connectivity index (χ1n) is 8.08. The first-order valence-corrected chi connectivity index (χ1v) is 9.71. The number of benzene rings is 2. The van der Waals surface area contributed by atoms with Crippen LogP contribution in [0.2, 0.25) is 0 Å². The van der Waals surface area contributed by atoms with Gasteiger partial charge in [0, 0.05) is 30.6 Å². The Balaban J connectivity index is 1.85. The predicted octanol–water partition coefficient (Wildman–Crippen LogP) is 2.42. The van der Waals surface area contributed by atoms with Crippen LogP contribution >= 0.6 is 23.1 Å². The van der Waals surface area contributed by atoms with Crippen molar-refractivity contribution in [1.29, 1.82) is 0 Å². The number of para-hydroxylation sites is 1. The van der Waals surface area contributed by atoms with Crippen LogP contribution in [0.3, 0.4) is 0 Å². The van der Waals surface area contributed by atoms with Gasteiger partial charge in [-0.3, -0.25) is 9.59 Å². The normalized spacial score (nSPS) is 16.1. The average Bonchev–Trinajstić information content (AvgIpc) is 3.14. The molecule has 130 valence electrons. The number of anilines is 1. The van der Waals surface area contributed by atoms with E-state index in [0.717, 1.165) is 15.6 Å². The van der Waals surface area contributed by atoms with E-state index in [2.05, 4.69) is 0 Å². The van der Waals surface area contributed by atoms with Gasteiger partial charge in [0.15, 0.2) is 5.78 Å². The lowest BCUT2D eigenvalue weighted by atomic mass is 10.1. The molecule has 1 aliphatic heterocycles. The number of thioether (sulfide) groups is 1. The Bertz CT molecular complexity index is 1180. The number of hydrogen-bond donors (Lipinski definition) is 0. The lowest BCUT2D eigenvalue weighted by molar-refractivity contribution is 0.106. The molecule has 3 aromatic rings. The summed E-state index contributed by atoms with van der Waals surface area (Å²) in [5.41, 5.74) is 1.63. The van der Waals surface area contributed by atoms with Crippen molar-refractivity contribution in [3.8, 4) is 0 Å². The predicted molar refractivity (Wildman–Crippen MR) is 108 cm³/mol. The second-order valence-corrected chi connectivity index (χ2v) is 8.00. The summed E-state index contributed by atoms with van der Waals surface area (Å²) >= 11 is 2.94. The van der Waals surface area contributed by atoms with Crippen LogP contribution in [0.4, 0.5) is 5.69 Å². The molecule has 26 heavy (non-hydrogen) atoms. The molecule has 0 radical (unpaired) electrons. The highest BCUT2D eigenvalue weighted by atomic mass is 32.2. The lowest BCUT2D eigenvalue weighted by Crippen LogP contribution is -2.32. The molecule has 4 rings (SSSR count). The van der Waals surface area contributed by atoms with Crippen LogP contribution in [0.25, 0.3) is 11.1 Å². The quantitative estimate of drug-likeness (QED) is 0.641. The first kappa shape index (κ1) is 16.9. The highest BCUT2D eigenvalue weighted by Crippen LogP contribution is 2.44. The third-order valence-electron chi connectivity index (χ3n) is 4.28. The van der Waals surface area contributed by atoms with E-state index in [1.165, 1.54) is 17.4 Å². The third kappa shape index (κ3) is 2.81. The van der Waals surface area contributed by atoms with Gasteiger partial charge in [-0.2, -0.15) is 0 Å². The molecular formula is C20H16N2O2S2. The largest absolute Gasteiger partial charge is 0.337 e. The molecule has 1 aliphatic rings. The van der Waals surface area contributed by atoms with E-state index in [4.69, 9.17) is 0 Å². The van der Waals surface area contributed by atoms with Gasteiger partial charge in [-0.25, -0.2) is 0 Å². The summed E-state index contributed by atoms with van der Waals surface area (Å²) in [4.78, 5) is 28.4. The Hall–Kier alpha value is -2.57. The molecule has 0 saturated carbocycles. The Morgan fingerprint density at radius 2 is 1.69 bits per heavy atom. The van der Waals surface area contributed by atoms with Crippen LogP contribution in [-0.4, -0.2) is 17.4 Å². The number of rotatable bonds is 2. The molecule has 0 saturated heterocycles. The number of aromatic nitrogens is 1. The molecule has 0 aliphatic carbocycles. The molecule has 6 heteroatoms. The molecule has 0 spiro atoms. The third-order valence-corrected chi connectivity index (χ3v) is 6.82. The van der Waals surface area contributed by atoms with Crippen LogP contribution in [0.5, 0.6) is 0 Å². The second-order valence-electron chi connectivity index (χ2n) is 5.94. The van der Waals surface area contributed by atoms with Crippen molar-refractivity contribution >= 4 is 45.7 Å². The highest BCUT2D eigenvalue weighted by molar-refractivity contribution is 8.08. The van der Waals surface area contributed by atoms with Gasteiger partial charge in [0.25, 0.3) is 5.56 Å². The van der Waals surface area contributed by atoms with Crippen molar-refractivity contribution in [2.45, 2.75) is 4.90 Å². The van der Waals surface area contributed by atoms with Crippen molar-refractivity contribution in [3.05, 3.63) is 79.7 Å². The summed E-state index contributed by atoms with van der Waals surface area (Å²) in [6.07, 6.45) is 1.54. The molecule has 2 heterocycles. The molecule has 0 N–H and O–H groups in total. The lowest BCUT2D eigenvalue weighted by Gasteiger charge is -2.11. The maximum Gasteiger partial charge on any atom is 0.271 e. The van der Waals surface area contributed by atoms with E-state index in [9.17, 15) is 9.59 Å². The topological polar surface area (TPSA) is 42.3 Å². The van der Waals surface area contributed by atoms with Gasteiger partial charge in [0.1, 0.15) is 14.2 Å². The van der Waals surface area contributed by atoms with E-state index in [1.807, 2.05) is 54.4 Å². The smallest absolute Gasteiger partial charge is 0.271 e. The van der Waals surface area contributed by atoms with Gasteiger partial charge < -0.3 is 9.47 Å². The van der Waals surface area contributed by atoms with E-state index in [-0.39, 0.29) is 11.3 Å². The van der Waals surface area contributed by atoms with Crippen molar-refractivity contribution in [3.63, 3.8) is 0 Å². The average molecular weight is 380 g/mol. The Kier molecular flexibility index (Phi) is 4.30. The molecule has 0 amide bonds. The molecule has 0 fully saturated rings. The minimum atomic E-state index is -0.102. The van der Waals surface area contributed by atoms with Crippen LogP contribution in [0, 0.1) is 0 Å². The fourth-order valence-electron chi connectivity index (χ4n) is 2.83. The fourth-order valence-corrected chi connectivity index (χ4v) is 5.20. The van der Waals surface area contributed by atoms with Gasteiger partial charge in [-0.05, 0) is 12.1 Å². The van der Waals surface area contributed by atoms with E-state index >= 15 is 0 Å². The number of Topliss-reactive ketones (excluding diaryl/α,β-unsaturated/α-hetero) is 1. The number of ketones is 1. The Labute approximate surface area is 158 Å². The first-order chi connectivity index (χ1) is 12.6. The number of hydrogen-bond acceptors (Lipinski definition) is 5. The number of carbonyl (C=O) groups is 1. The number of thiazole rings is 1. The standard InChI is InChI=1S/C20H16N2O2S2/c1-21-14-10-6-7-11-16(14)25-20(21)18-19(24)22(2)17(26-18)12-15(23)13-8-4-3-5-9-13/h3-12H,1-2H3/b17-12+,20-18-. The molecule has 0 bridgehead atoms. The summed E-state index contributed by atoms with van der Waals surface area (Å²) in [5, 5.41) is 0.906. The van der Waals surface area contributed by atoms with Gasteiger partial charge in [0.05, 0.1) is 5.69 Å². The van der Waals surface area contributed by atoms with Crippen molar-refractivity contribution < 1.29 is 4.79 Å². The van der Waals surface area contributed by atoms with Crippen LogP contribution < -0.4 is 19.7 Å². The molecule has 0 unspecified atom stereocenters. The zero-order chi connectivity index (χ0) is 18.3. The maximum absolute atomic E-state index is 12.8. The second kappa shape index (κ2) is 6.63. The van der Waals surface area contributed by atoms with Crippen LogP contribution in [0.1, 0.15) is 10.4 Å². The Morgan fingerprint density at radius 1 is 1.00 bits per heavy atom. The van der Waals surface area contributed by atoms with Crippen molar-refractivity contribution in [2.24, 2.45) is 7.05 Å². The van der Waals surface area contributed by atoms with Gasteiger partial charge in [-0.15, -0.1) is 11.3 Å². The number of nitrogens with zero attached hydrogens (tertiary/aromatic N) is 2. The van der Waals surface area contributed by atoms with Gasteiger partial charge >= 0.3 is 0 Å². The Morgan fingerprint density at radius 3 is 2.42 bits per heavy atom. The van der Waals surface area contributed by atoms with Crippen LogP contribution in [0.15, 0.2) is 64.3 Å². The van der Waals surface area contributed by atoms with Crippen molar-refractivity contribution in [2.75, 3.05) is 11.9 Å². The minimum Gasteiger partial charge on any atom is -0.337 e. The number of fused-ring (bicyclic) bond motifs is 1. The van der Waals surface area contributed by atoms with Gasteiger partial charge in [-0.1, -0.05) is 54.2 Å².